The standard InChI is InChI=1S/C10H15IO/c1-2-3-4-5-6-9-7-8-12-10(9)11/h7-8H,2-6H2,1H3. The number of aryl methyl sites for hydroxylation is 1. The topological polar surface area (TPSA) is 13.1 Å². The minimum absolute atomic E-state index is 1.06. The van der Waals surface area contributed by atoms with Crippen molar-refractivity contribution >= 4 is 22.6 Å². The van der Waals surface area contributed by atoms with Crippen molar-refractivity contribution < 1.29 is 4.42 Å². The Bertz CT molecular complexity index is 217. The van der Waals surface area contributed by atoms with Crippen LogP contribution in [0.15, 0.2) is 16.7 Å². The molecule has 1 heterocycles. The highest BCUT2D eigenvalue weighted by Gasteiger charge is 2.00. The summed E-state index contributed by atoms with van der Waals surface area (Å²) in [6, 6.07) is 2.08. The van der Waals surface area contributed by atoms with Crippen molar-refractivity contribution in [3.63, 3.8) is 0 Å². The molecule has 0 saturated heterocycles. The van der Waals surface area contributed by atoms with Crippen molar-refractivity contribution in [3.05, 3.63) is 21.7 Å². The third kappa shape index (κ3) is 3.17. The maximum Gasteiger partial charge on any atom is 0.166 e. The Kier molecular flexibility index (Phi) is 4.73. The maximum atomic E-state index is 5.21. The summed E-state index contributed by atoms with van der Waals surface area (Å²) >= 11 is 2.25. The fraction of sp³-hybridized carbons (Fsp3) is 0.600. The molecule has 0 aliphatic heterocycles. The number of hydrogen-bond acceptors (Lipinski definition) is 1. The maximum absolute atomic E-state index is 5.21. The Morgan fingerprint density at radius 3 is 2.75 bits per heavy atom. The van der Waals surface area contributed by atoms with Crippen LogP contribution >= 0.6 is 22.6 Å². The first-order valence-corrected chi connectivity index (χ1v) is 5.64. The second-order valence-corrected chi connectivity index (χ2v) is 4.01. The molecule has 0 aliphatic rings. The lowest BCUT2D eigenvalue weighted by molar-refractivity contribution is 0.531. The largest absolute Gasteiger partial charge is 0.458 e. The number of hydrogen-bond donors (Lipinski definition) is 0. The highest BCUT2D eigenvalue weighted by molar-refractivity contribution is 14.1. The molecular formula is C10H15IO. The molecule has 0 bridgehead atoms. The predicted octanol–water partition coefficient (Wildman–Crippen LogP) is 4.01. The van der Waals surface area contributed by atoms with Gasteiger partial charge in [-0.3, -0.25) is 0 Å². The molecule has 0 unspecified atom stereocenters. The van der Waals surface area contributed by atoms with Crippen LogP contribution in [0.2, 0.25) is 0 Å². The molecule has 1 rings (SSSR count). The minimum atomic E-state index is 1.06. The summed E-state index contributed by atoms with van der Waals surface area (Å²) in [7, 11) is 0. The summed E-state index contributed by atoms with van der Waals surface area (Å²) in [5, 5.41) is 0. The van der Waals surface area contributed by atoms with Gasteiger partial charge in [0.05, 0.1) is 6.26 Å². The van der Waals surface area contributed by atoms with Gasteiger partial charge in [-0.25, -0.2) is 0 Å². The molecule has 0 N–H and O–H groups in total. The fourth-order valence-corrected chi connectivity index (χ4v) is 1.84. The van der Waals surface area contributed by atoms with Gasteiger partial charge in [-0.1, -0.05) is 26.2 Å². The average Bonchev–Trinajstić information content (AvgIpc) is 2.46. The van der Waals surface area contributed by atoms with E-state index >= 15 is 0 Å². The lowest BCUT2D eigenvalue weighted by Gasteiger charge is -1.97. The summed E-state index contributed by atoms with van der Waals surface area (Å²) in [4.78, 5) is 0. The average molecular weight is 278 g/mol. The zero-order chi connectivity index (χ0) is 8.81. The summed E-state index contributed by atoms with van der Waals surface area (Å²) < 4.78 is 6.27. The number of unbranched alkanes of at least 4 members (excludes halogenated alkanes) is 3. The molecule has 12 heavy (non-hydrogen) atoms. The van der Waals surface area contributed by atoms with Crippen LogP contribution in [-0.4, -0.2) is 0 Å². The second-order valence-electron chi connectivity index (χ2n) is 3.03. The van der Waals surface area contributed by atoms with E-state index in [1.807, 2.05) is 0 Å². The van der Waals surface area contributed by atoms with Crippen LogP contribution in [-0.2, 0) is 6.42 Å². The summed E-state index contributed by atoms with van der Waals surface area (Å²) in [6.07, 6.45) is 8.25. The SMILES string of the molecule is CCCCCCc1ccoc1I. The van der Waals surface area contributed by atoms with Crippen molar-refractivity contribution in [3.8, 4) is 0 Å². The van der Waals surface area contributed by atoms with E-state index in [0.29, 0.717) is 0 Å². The highest BCUT2D eigenvalue weighted by Crippen LogP contribution is 2.16. The molecule has 0 aromatic carbocycles. The predicted molar refractivity (Wildman–Crippen MR) is 59.3 cm³/mol. The molecule has 68 valence electrons. The fourth-order valence-electron chi connectivity index (χ4n) is 1.24. The van der Waals surface area contributed by atoms with E-state index in [0.717, 1.165) is 3.77 Å². The number of halogens is 1. The van der Waals surface area contributed by atoms with Crippen molar-refractivity contribution in [2.24, 2.45) is 0 Å². The van der Waals surface area contributed by atoms with Crippen molar-refractivity contribution in [1.29, 1.82) is 0 Å². The molecular weight excluding hydrogens is 263 g/mol. The van der Waals surface area contributed by atoms with Crippen LogP contribution in [0.5, 0.6) is 0 Å². The van der Waals surface area contributed by atoms with Crippen LogP contribution in [0, 0.1) is 3.77 Å². The Morgan fingerprint density at radius 2 is 2.17 bits per heavy atom. The molecule has 0 amide bonds. The molecule has 2 heteroatoms. The molecule has 0 saturated carbocycles. The third-order valence-corrected chi connectivity index (χ3v) is 2.94. The first-order valence-electron chi connectivity index (χ1n) is 4.56. The van der Waals surface area contributed by atoms with Crippen LogP contribution in [0.25, 0.3) is 0 Å². The van der Waals surface area contributed by atoms with E-state index in [4.69, 9.17) is 4.42 Å². The molecule has 0 radical (unpaired) electrons. The Hall–Kier alpha value is 0.01000. The summed E-state index contributed by atoms with van der Waals surface area (Å²) in [5.41, 5.74) is 1.37. The molecule has 0 fully saturated rings. The zero-order valence-electron chi connectivity index (χ0n) is 7.48. The van der Waals surface area contributed by atoms with E-state index in [9.17, 15) is 0 Å². The van der Waals surface area contributed by atoms with Gasteiger partial charge in [0.25, 0.3) is 0 Å². The van der Waals surface area contributed by atoms with Crippen molar-refractivity contribution in [2.75, 3.05) is 0 Å². The molecule has 1 aromatic rings. The highest BCUT2D eigenvalue weighted by atomic mass is 127. The lowest BCUT2D eigenvalue weighted by Crippen LogP contribution is -1.84. The van der Waals surface area contributed by atoms with Gasteiger partial charge >= 0.3 is 0 Å². The zero-order valence-corrected chi connectivity index (χ0v) is 9.63. The van der Waals surface area contributed by atoms with E-state index in [2.05, 4.69) is 35.6 Å². The molecule has 1 aromatic heterocycles. The smallest absolute Gasteiger partial charge is 0.166 e. The van der Waals surface area contributed by atoms with Gasteiger partial charge in [0, 0.05) is 5.56 Å². The van der Waals surface area contributed by atoms with Crippen LogP contribution < -0.4 is 0 Å². The van der Waals surface area contributed by atoms with Gasteiger partial charge in [-0.2, -0.15) is 0 Å². The summed E-state index contributed by atoms with van der Waals surface area (Å²) in [5.74, 6) is 0. The van der Waals surface area contributed by atoms with Gasteiger partial charge in [0.2, 0.25) is 0 Å². The first-order chi connectivity index (χ1) is 5.84. The normalized spacial score (nSPS) is 10.5. The Labute approximate surface area is 87.7 Å². The van der Waals surface area contributed by atoms with E-state index in [1.165, 1.54) is 37.7 Å². The van der Waals surface area contributed by atoms with Crippen molar-refractivity contribution in [1.82, 2.24) is 0 Å². The first kappa shape index (κ1) is 10.1. The van der Waals surface area contributed by atoms with E-state index < -0.39 is 0 Å². The molecule has 0 atom stereocenters. The Morgan fingerprint density at radius 1 is 1.33 bits per heavy atom. The molecule has 1 nitrogen and oxygen atoms in total. The van der Waals surface area contributed by atoms with Crippen molar-refractivity contribution in [2.45, 2.75) is 39.0 Å². The van der Waals surface area contributed by atoms with Gasteiger partial charge in [-0.05, 0) is 41.5 Å². The quantitative estimate of drug-likeness (QED) is 0.586. The van der Waals surface area contributed by atoms with Crippen LogP contribution in [0.4, 0.5) is 0 Å². The Balaban J connectivity index is 2.20. The minimum Gasteiger partial charge on any atom is -0.458 e. The van der Waals surface area contributed by atoms with Gasteiger partial charge in [-0.15, -0.1) is 0 Å². The monoisotopic (exact) mass is 278 g/mol. The van der Waals surface area contributed by atoms with Gasteiger partial charge < -0.3 is 4.42 Å². The molecule has 0 aliphatic carbocycles. The summed E-state index contributed by atoms with van der Waals surface area (Å²) in [6.45, 7) is 2.24. The molecule has 0 spiro atoms. The second kappa shape index (κ2) is 5.62. The van der Waals surface area contributed by atoms with E-state index in [1.54, 1.807) is 6.26 Å². The van der Waals surface area contributed by atoms with E-state index in [-0.39, 0.29) is 0 Å². The van der Waals surface area contributed by atoms with Crippen LogP contribution in [0.3, 0.4) is 0 Å². The van der Waals surface area contributed by atoms with Gasteiger partial charge in [0.15, 0.2) is 3.77 Å². The third-order valence-electron chi connectivity index (χ3n) is 1.99. The van der Waals surface area contributed by atoms with Gasteiger partial charge in [0.1, 0.15) is 0 Å². The number of rotatable bonds is 5. The van der Waals surface area contributed by atoms with Crippen LogP contribution in [0.1, 0.15) is 38.2 Å². The lowest BCUT2D eigenvalue weighted by atomic mass is 10.1. The number of furan rings is 1.